The number of aromatic hydroxyl groups is 1. The van der Waals surface area contributed by atoms with Gasteiger partial charge in [-0.1, -0.05) is 23.7 Å². The first kappa shape index (κ1) is 14.8. The summed E-state index contributed by atoms with van der Waals surface area (Å²) in [6.45, 7) is -3.68. The van der Waals surface area contributed by atoms with Crippen LogP contribution in [0.5, 0.6) is 5.75 Å². The molecule has 1 nitrogen and oxygen atoms in total. The van der Waals surface area contributed by atoms with Gasteiger partial charge < -0.3 is 18.1 Å². The van der Waals surface area contributed by atoms with Gasteiger partial charge in [-0.3, -0.25) is 0 Å². The van der Waals surface area contributed by atoms with Gasteiger partial charge >= 0.3 is 58.4 Å². The molecule has 0 atom stereocenters. The molecule has 0 heterocycles. The van der Waals surface area contributed by atoms with E-state index in [9.17, 15) is 12.9 Å². The second-order valence-electron chi connectivity index (χ2n) is 2.74. The third-order valence-corrected chi connectivity index (χ3v) is 1.94. The summed E-state index contributed by atoms with van der Waals surface area (Å²) >= 11 is 5.39. The average Bonchev–Trinajstić information content (AvgIpc) is 1.97. The van der Waals surface area contributed by atoms with E-state index >= 15 is 0 Å². The van der Waals surface area contributed by atoms with Gasteiger partial charge in [0, 0.05) is 0 Å². The molecule has 1 N–H and O–H groups in total. The number of hydrogen-bond acceptors (Lipinski definition) is 1. The molecule has 7 heteroatoms. The van der Waals surface area contributed by atoms with Crippen LogP contribution in [-0.2, 0) is 0 Å². The summed E-state index contributed by atoms with van der Waals surface area (Å²) in [7, 11) is 0. The van der Waals surface area contributed by atoms with Crippen LogP contribution in [0, 0.1) is 6.92 Å². The van der Waals surface area contributed by atoms with Gasteiger partial charge in [0.05, 0.1) is 5.02 Å². The summed E-state index contributed by atoms with van der Waals surface area (Å²) in [6.07, 6.45) is 0. The molecule has 1 rings (SSSR count). The quantitative estimate of drug-likeness (QED) is 0.659. The fourth-order valence-electron chi connectivity index (χ4n) is 0.952. The Kier molecular flexibility index (Phi) is 5.53. The van der Waals surface area contributed by atoms with Crippen LogP contribution in [0.1, 0.15) is 5.56 Å². The van der Waals surface area contributed by atoms with E-state index in [1.165, 1.54) is 6.92 Å². The van der Waals surface area contributed by atoms with Crippen LogP contribution in [0.3, 0.4) is 0 Å². The number of aryl methyl sites for hydroxylation is 1. The number of halogens is 4. The second-order valence-corrected chi connectivity index (χ2v) is 3.15. The van der Waals surface area contributed by atoms with E-state index in [1.54, 1.807) is 0 Å². The van der Waals surface area contributed by atoms with E-state index in [1.807, 2.05) is 0 Å². The van der Waals surface area contributed by atoms with Crippen molar-refractivity contribution in [1.29, 1.82) is 0 Å². The molecule has 0 aromatic heterocycles. The zero-order valence-corrected chi connectivity index (χ0v) is 11.6. The van der Waals surface area contributed by atoms with Gasteiger partial charge in [0.2, 0.25) is 0 Å². The largest absolute Gasteiger partial charge is 1.00 e. The van der Waals surface area contributed by atoms with Gasteiger partial charge in [0.1, 0.15) is 5.75 Å². The van der Waals surface area contributed by atoms with Crippen LogP contribution in [0.15, 0.2) is 12.1 Å². The van der Waals surface area contributed by atoms with Gasteiger partial charge in [-0.2, -0.15) is 0 Å². The monoisotopic (exact) mass is 248 g/mol. The van der Waals surface area contributed by atoms with Crippen molar-refractivity contribution in [3.63, 3.8) is 0 Å². The van der Waals surface area contributed by atoms with E-state index in [4.69, 9.17) is 16.7 Å². The molecular formula is C7H6BClF3KO. The van der Waals surface area contributed by atoms with Crippen molar-refractivity contribution in [1.82, 2.24) is 0 Å². The Morgan fingerprint density at radius 2 is 1.79 bits per heavy atom. The maximum atomic E-state index is 12.2. The summed E-state index contributed by atoms with van der Waals surface area (Å²) in [4.78, 5) is 0. The molecule has 0 unspecified atom stereocenters. The smallest absolute Gasteiger partial charge is 0.506 e. The van der Waals surface area contributed by atoms with Crippen molar-refractivity contribution >= 4 is 24.0 Å². The van der Waals surface area contributed by atoms with Gasteiger partial charge in [-0.05, 0) is 12.5 Å². The van der Waals surface area contributed by atoms with Crippen LogP contribution in [0.2, 0.25) is 5.02 Å². The predicted molar refractivity (Wildman–Crippen MR) is 46.6 cm³/mol. The predicted octanol–water partition coefficient (Wildman–Crippen LogP) is -0.588. The molecular weight excluding hydrogens is 242 g/mol. The van der Waals surface area contributed by atoms with Gasteiger partial charge in [0.15, 0.2) is 0 Å². The molecule has 0 fully saturated rings. The van der Waals surface area contributed by atoms with Crippen molar-refractivity contribution in [3.8, 4) is 5.75 Å². The number of hydrogen-bond donors (Lipinski definition) is 1. The molecule has 0 radical (unpaired) electrons. The minimum Gasteiger partial charge on any atom is -0.506 e. The number of benzene rings is 1. The Morgan fingerprint density at radius 3 is 2.14 bits per heavy atom. The van der Waals surface area contributed by atoms with Crippen LogP contribution in [0.4, 0.5) is 12.9 Å². The topological polar surface area (TPSA) is 20.2 Å². The summed E-state index contributed by atoms with van der Waals surface area (Å²) in [6, 6.07) is 1.60. The number of phenolic OH excluding ortho intramolecular Hbond substituents is 1. The molecule has 0 saturated heterocycles. The summed E-state index contributed by atoms with van der Waals surface area (Å²) in [5, 5.41) is 8.83. The Hall–Kier alpha value is 0.801. The second kappa shape index (κ2) is 5.23. The summed E-state index contributed by atoms with van der Waals surface area (Å²) in [5.41, 5.74) is -0.665. The maximum absolute atomic E-state index is 12.2. The normalized spacial score (nSPS) is 10.9. The fourth-order valence-corrected chi connectivity index (χ4v) is 1.23. The van der Waals surface area contributed by atoms with Gasteiger partial charge in [0.25, 0.3) is 0 Å². The van der Waals surface area contributed by atoms with E-state index in [0.29, 0.717) is 0 Å². The van der Waals surface area contributed by atoms with Gasteiger partial charge in [-0.25, -0.2) is 0 Å². The van der Waals surface area contributed by atoms with Crippen molar-refractivity contribution in [2.45, 2.75) is 6.92 Å². The maximum Gasteiger partial charge on any atom is 1.00 e. The minimum absolute atomic E-state index is 0. The van der Waals surface area contributed by atoms with Crippen LogP contribution in [-0.4, -0.2) is 12.1 Å². The molecule has 0 aliphatic rings. The van der Waals surface area contributed by atoms with Crippen molar-refractivity contribution in [2.24, 2.45) is 0 Å². The third-order valence-electron chi connectivity index (χ3n) is 1.65. The first-order valence-corrected chi connectivity index (χ1v) is 3.89. The molecule has 0 bridgehead atoms. The summed E-state index contributed by atoms with van der Waals surface area (Å²) in [5.74, 6) is -0.300. The van der Waals surface area contributed by atoms with E-state index < -0.39 is 12.4 Å². The Labute approximate surface area is 127 Å². The Bertz CT molecular complexity index is 319. The molecule has 0 amide bonds. The van der Waals surface area contributed by atoms with Crippen molar-refractivity contribution in [3.05, 3.63) is 22.7 Å². The van der Waals surface area contributed by atoms with Gasteiger partial charge in [-0.15, -0.1) is 5.46 Å². The van der Waals surface area contributed by atoms with E-state index in [2.05, 4.69) is 0 Å². The van der Waals surface area contributed by atoms with Crippen LogP contribution < -0.4 is 56.8 Å². The zero-order valence-electron chi connectivity index (χ0n) is 7.69. The Balaban J connectivity index is 0.00000169. The number of phenols is 1. The minimum atomic E-state index is -5.05. The molecule has 0 aliphatic heterocycles. The molecule has 1 aromatic rings. The fraction of sp³-hybridized carbons (Fsp3) is 0.143. The molecule has 1 aromatic carbocycles. The average molecular weight is 248 g/mol. The Morgan fingerprint density at radius 1 is 1.29 bits per heavy atom. The standard InChI is InChI=1S/C7H6BClF3O.K/c1-4-2-5(8(10,11)12)3-6(9)7(4)13;/h2-3,13H,1H3;/q-1;+1. The van der Waals surface area contributed by atoms with Crippen molar-refractivity contribution in [2.75, 3.05) is 0 Å². The van der Waals surface area contributed by atoms with Crippen LogP contribution >= 0.6 is 11.6 Å². The SMILES string of the molecule is Cc1cc([B-](F)(F)F)cc(Cl)c1O.[K+]. The van der Waals surface area contributed by atoms with Crippen molar-refractivity contribution < 1.29 is 69.4 Å². The van der Waals surface area contributed by atoms with E-state index in [-0.39, 0.29) is 67.7 Å². The first-order chi connectivity index (χ1) is 5.82. The molecule has 0 saturated carbocycles. The molecule has 14 heavy (non-hydrogen) atoms. The van der Waals surface area contributed by atoms with E-state index in [0.717, 1.165) is 12.1 Å². The van der Waals surface area contributed by atoms with Crippen LogP contribution in [0.25, 0.3) is 0 Å². The third kappa shape index (κ3) is 3.43. The summed E-state index contributed by atoms with van der Waals surface area (Å²) < 4.78 is 36.6. The zero-order chi connectivity index (χ0) is 10.2. The first-order valence-electron chi connectivity index (χ1n) is 3.51. The molecule has 72 valence electrons. The molecule has 0 aliphatic carbocycles. The number of rotatable bonds is 1. The molecule has 0 spiro atoms.